The molecule has 2 aliphatic heterocycles. The van der Waals surface area contributed by atoms with Crippen LogP contribution in [0.4, 0.5) is 5.69 Å². The molecule has 2 heteroatoms. The van der Waals surface area contributed by atoms with E-state index < -0.39 is 0 Å². The van der Waals surface area contributed by atoms with Crippen LogP contribution in [0, 0.1) is 5.92 Å². The van der Waals surface area contributed by atoms with Crippen LogP contribution in [0.3, 0.4) is 0 Å². The first-order valence-corrected chi connectivity index (χ1v) is 7.33. The van der Waals surface area contributed by atoms with Crippen LogP contribution < -0.4 is 10.2 Å². The summed E-state index contributed by atoms with van der Waals surface area (Å²) in [5.41, 5.74) is 1.34. The molecule has 98 valence electrons. The maximum atomic E-state index is 3.73. The molecule has 2 saturated heterocycles. The third-order valence-corrected chi connectivity index (χ3v) is 4.64. The second-order valence-electron chi connectivity index (χ2n) is 6.02. The average Bonchev–Trinajstić information content (AvgIpc) is 2.76. The van der Waals surface area contributed by atoms with E-state index in [9.17, 15) is 0 Å². The summed E-state index contributed by atoms with van der Waals surface area (Å²) in [5, 5.41) is 3.73. The highest BCUT2D eigenvalue weighted by molar-refractivity contribution is 5.44. The van der Waals surface area contributed by atoms with Crippen LogP contribution in [0.2, 0.25) is 0 Å². The van der Waals surface area contributed by atoms with Crippen LogP contribution in [-0.4, -0.2) is 25.7 Å². The monoisotopic (exact) mass is 244 g/mol. The maximum Gasteiger partial charge on any atom is 0.0363 e. The zero-order valence-corrected chi connectivity index (χ0v) is 11.3. The van der Waals surface area contributed by atoms with Gasteiger partial charge in [0.05, 0.1) is 0 Å². The number of rotatable bonds is 4. The first kappa shape index (κ1) is 12.0. The number of hydrogen-bond donors (Lipinski definition) is 1. The summed E-state index contributed by atoms with van der Waals surface area (Å²) < 4.78 is 0. The van der Waals surface area contributed by atoms with Gasteiger partial charge >= 0.3 is 0 Å². The van der Waals surface area contributed by atoms with Gasteiger partial charge in [-0.3, -0.25) is 0 Å². The van der Waals surface area contributed by atoms with Gasteiger partial charge in [0.2, 0.25) is 0 Å². The van der Waals surface area contributed by atoms with Crippen molar-refractivity contribution in [3.05, 3.63) is 30.3 Å². The molecule has 2 bridgehead atoms. The lowest BCUT2D eigenvalue weighted by atomic mass is 9.89. The van der Waals surface area contributed by atoms with E-state index in [0.717, 1.165) is 18.0 Å². The van der Waals surface area contributed by atoms with Gasteiger partial charge < -0.3 is 10.2 Å². The van der Waals surface area contributed by atoms with Gasteiger partial charge in [-0.05, 0) is 50.2 Å². The Balaban J connectivity index is 1.49. The summed E-state index contributed by atoms with van der Waals surface area (Å²) in [6.45, 7) is 1.19. The number of nitrogens with one attached hydrogen (secondary N) is 1. The third-order valence-electron chi connectivity index (χ3n) is 4.64. The van der Waals surface area contributed by atoms with Gasteiger partial charge in [-0.15, -0.1) is 0 Å². The van der Waals surface area contributed by atoms with Crippen LogP contribution in [0.25, 0.3) is 0 Å². The molecule has 1 N–H and O–H groups in total. The summed E-state index contributed by atoms with van der Waals surface area (Å²) in [4.78, 5) is 2.39. The quantitative estimate of drug-likeness (QED) is 0.875. The van der Waals surface area contributed by atoms with Crippen molar-refractivity contribution in [1.82, 2.24) is 5.32 Å². The van der Waals surface area contributed by atoms with E-state index in [1.54, 1.807) is 0 Å². The molecule has 2 fully saturated rings. The van der Waals surface area contributed by atoms with Gasteiger partial charge in [-0.25, -0.2) is 0 Å². The molecule has 3 rings (SSSR count). The highest BCUT2D eigenvalue weighted by Crippen LogP contribution is 2.32. The number of benzene rings is 1. The van der Waals surface area contributed by atoms with Crippen molar-refractivity contribution in [1.29, 1.82) is 0 Å². The fraction of sp³-hybridized carbons (Fsp3) is 0.625. The van der Waals surface area contributed by atoms with E-state index in [1.165, 1.54) is 44.3 Å². The molecular formula is C16H24N2. The van der Waals surface area contributed by atoms with E-state index in [4.69, 9.17) is 0 Å². The topological polar surface area (TPSA) is 15.3 Å². The molecule has 2 unspecified atom stereocenters. The van der Waals surface area contributed by atoms with Crippen LogP contribution in [0.1, 0.15) is 32.1 Å². The highest BCUT2D eigenvalue weighted by atomic mass is 15.1. The molecule has 18 heavy (non-hydrogen) atoms. The SMILES string of the molecule is CN(CCC1CC2CCC(C1)N2)c1ccccc1. The molecule has 0 saturated carbocycles. The van der Waals surface area contributed by atoms with Crippen molar-refractivity contribution in [3.63, 3.8) is 0 Å². The summed E-state index contributed by atoms with van der Waals surface area (Å²) in [5.74, 6) is 0.940. The van der Waals surface area contributed by atoms with E-state index >= 15 is 0 Å². The lowest BCUT2D eigenvalue weighted by Crippen LogP contribution is -2.38. The van der Waals surface area contributed by atoms with Crippen LogP contribution in [-0.2, 0) is 0 Å². The van der Waals surface area contributed by atoms with Gasteiger partial charge in [-0.1, -0.05) is 18.2 Å². The van der Waals surface area contributed by atoms with Gasteiger partial charge in [-0.2, -0.15) is 0 Å². The first-order chi connectivity index (χ1) is 8.81. The summed E-state index contributed by atoms with van der Waals surface area (Å²) in [6, 6.07) is 12.4. The number of nitrogens with zero attached hydrogens (tertiary/aromatic N) is 1. The van der Waals surface area contributed by atoms with Crippen LogP contribution >= 0.6 is 0 Å². The zero-order chi connectivity index (χ0) is 12.4. The standard InChI is InChI=1S/C16H24N2/c1-18(16-5-3-2-4-6-16)10-9-13-11-14-7-8-15(12-13)17-14/h2-6,13-15,17H,7-12H2,1H3. The number of piperidine rings is 1. The number of hydrogen-bond acceptors (Lipinski definition) is 2. The summed E-state index contributed by atoms with van der Waals surface area (Å²) in [7, 11) is 2.21. The molecule has 2 atom stereocenters. The highest BCUT2D eigenvalue weighted by Gasteiger charge is 2.33. The minimum atomic E-state index is 0.829. The van der Waals surface area contributed by atoms with Crippen LogP contribution in [0.15, 0.2) is 30.3 Å². The van der Waals surface area contributed by atoms with Gasteiger partial charge in [0.15, 0.2) is 0 Å². The molecular weight excluding hydrogens is 220 g/mol. The third kappa shape index (κ3) is 2.69. The number of anilines is 1. The van der Waals surface area contributed by atoms with Crippen molar-refractivity contribution >= 4 is 5.69 Å². The maximum absolute atomic E-state index is 3.73. The van der Waals surface area contributed by atoms with E-state index in [1.807, 2.05) is 0 Å². The second kappa shape index (κ2) is 5.31. The molecule has 0 aliphatic carbocycles. The first-order valence-electron chi connectivity index (χ1n) is 7.33. The molecule has 1 aromatic rings. The Kier molecular flexibility index (Phi) is 3.55. The fourth-order valence-corrected chi connectivity index (χ4v) is 3.60. The molecule has 0 amide bonds. The average molecular weight is 244 g/mol. The second-order valence-corrected chi connectivity index (χ2v) is 6.02. The number of fused-ring (bicyclic) bond motifs is 2. The number of para-hydroxylation sites is 1. The molecule has 0 aromatic heterocycles. The molecule has 0 radical (unpaired) electrons. The Morgan fingerprint density at radius 3 is 2.44 bits per heavy atom. The van der Waals surface area contributed by atoms with Crippen molar-refractivity contribution < 1.29 is 0 Å². The molecule has 1 aromatic carbocycles. The minimum absolute atomic E-state index is 0.829. The van der Waals surface area contributed by atoms with Gasteiger partial charge in [0, 0.05) is 31.4 Å². The Morgan fingerprint density at radius 2 is 1.78 bits per heavy atom. The van der Waals surface area contributed by atoms with Crippen molar-refractivity contribution in [2.45, 2.75) is 44.2 Å². The lowest BCUT2D eigenvalue weighted by Gasteiger charge is -2.30. The molecule has 2 heterocycles. The van der Waals surface area contributed by atoms with Crippen LogP contribution in [0.5, 0.6) is 0 Å². The normalized spacial score (nSPS) is 30.4. The predicted molar refractivity (Wildman–Crippen MR) is 77.0 cm³/mol. The van der Waals surface area contributed by atoms with E-state index in [0.29, 0.717) is 0 Å². The van der Waals surface area contributed by atoms with Gasteiger partial charge in [0.25, 0.3) is 0 Å². The van der Waals surface area contributed by atoms with Gasteiger partial charge in [0.1, 0.15) is 0 Å². The fourth-order valence-electron chi connectivity index (χ4n) is 3.60. The predicted octanol–water partition coefficient (Wildman–Crippen LogP) is 3.04. The minimum Gasteiger partial charge on any atom is -0.375 e. The molecule has 0 spiro atoms. The Hall–Kier alpha value is -1.02. The molecule has 2 nitrogen and oxygen atoms in total. The van der Waals surface area contributed by atoms with Crippen molar-refractivity contribution in [3.8, 4) is 0 Å². The zero-order valence-electron chi connectivity index (χ0n) is 11.3. The largest absolute Gasteiger partial charge is 0.375 e. The van der Waals surface area contributed by atoms with E-state index in [-0.39, 0.29) is 0 Å². The Bertz CT molecular complexity index is 364. The summed E-state index contributed by atoms with van der Waals surface area (Å²) >= 11 is 0. The Labute approximate surface area is 110 Å². The smallest absolute Gasteiger partial charge is 0.0363 e. The van der Waals surface area contributed by atoms with Crippen molar-refractivity contribution in [2.75, 3.05) is 18.5 Å². The van der Waals surface area contributed by atoms with E-state index in [2.05, 4.69) is 47.6 Å². The lowest BCUT2D eigenvalue weighted by molar-refractivity contribution is 0.288. The summed E-state index contributed by atoms with van der Waals surface area (Å²) in [6.07, 6.45) is 6.98. The Morgan fingerprint density at radius 1 is 1.11 bits per heavy atom. The molecule has 2 aliphatic rings. The van der Waals surface area contributed by atoms with Crippen molar-refractivity contribution in [2.24, 2.45) is 5.92 Å².